The number of fused-ring (bicyclic) bond motifs is 2. The molecule has 8 nitrogen and oxygen atoms in total. The topological polar surface area (TPSA) is 98.2 Å². The first kappa shape index (κ1) is 27.1. The Labute approximate surface area is 245 Å². The fourth-order valence-electron chi connectivity index (χ4n) is 4.97. The van der Waals surface area contributed by atoms with Crippen LogP contribution in [0.25, 0.3) is 16.0 Å². The van der Waals surface area contributed by atoms with Gasteiger partial charge in [0.25, 0.3) is 5.78 Å². The van der Waals surface area contributed by atoms with Crippen LogP contribution in [0.1, 0.15) is 43.4 Å². The minimum Gasteiger partial charge on any atom is -0.507 e. The van der Waals surface area contributed by atoms with Crippen molar-refractivity contribution in [3.8, 4) is 17.2 Å². The first-order valence-electron chi connectivity index (χ1n) is 13.4. The Morgan fingerprint density at radius 3 is 2.61 bits per heavy atom. The number of aliphatic hydroxyl groups is 1. The van der Waals surface area contributed by atoms with Crippen molar-refractivity contribution in [2.75, 3.05) is 24.7 Å². The molecular weight excluding hydrogens is 564 g/mol. The number of carbonyl (C=O) groups excluding carboxylic acids is 2. The number of amides is 1. The molecule has 1 atom stereocenters. The lowest BCUT2D eigenvalue weighted by molar-refractivity contribution is -0.132. The molecule has 3 heterocycles. The lowest BCUT2D eigenvalue weighted by Crippen LogP contribution is -2.29. The average Bonchev–Trinajstić information content (AvgIpc) is 3.52. The molecule has 1 saturated heterocycles. The molecule has 1 aromatic heterocycles. The number of ketones is 1. The summed E-state index contributed by atoms with van der Waals surface area (Å²) in [5.74, 6) is -0.204. The van der Waals surface area contributed by atoms with Gasteiger partial charge in [0, 0.05) is 10.6 Å². The van der Waals surface area contributed by atoms with Gasteiger partial charge in [-0.15, -0.1) is 0 Å². The van der Waals surface area contributed by atoms with Crippen LogP contribution < -0.4 is 19.1 Å². The first-order chi connectivity index (χ1) is 19.9. The highest BCUT2D eigenvalue weighted by molar-refractivity contribution is 7.22. The van der Waals surface area contributed by atoms with Crippen LogP contribution in [0.2, 0.25) is 5.02 Å². The fourth-order valence-corrected chi connectivity index (χ4v) is 6.24. The smallest absolute Gasteiger partial charge is 0.301 e. The number of aromatic nitrogens is 1. The minimum atomic E-state index is -0.923. The van der Waals surface area contributed by atoms with E-state index in [9.17, 15) is 14.7 Å². The maximum Gasteiger partial charge on any atom is 0.301 e. The van der Waals surface area contributed by atoms with Gasteiger partial charge >= 0.3 is 5.91 Å². The van der Waals surface area contributed by atoms with Gasteiger partial charge < -0.3 is 19.3 Å². The van der Waals surface area contributed by atoms with Crippen LogP contribution in [0.3, 0.4) is 0 Å². The number of ether oxygens (including phenoxy) is 3. The number of halogens is 1. The Morgan fingerprint density at radius 2 is 1.83 bits per heavy atom. The van der Waals surface area contributed by atoms with Gasteiger partial charge in [-0.2, -0.15) is 0 Å². The normalized spacial score (nSPS) is 17.8. The van der Waals surface area contributed by atoms with E-state index in [4.69, 9.17) is 25.8 Å². The highest BCUT2D eigenvalue weighted by Crippen LogP contribution is 2.45. The Balaban J connectivity index is 1.44. The van der Waals surface area contributed by atoms with Crippen molar-refractivity contribution in [3.63, 3.8) is 0 Å². The third kappa shape index (κ3) is 5.23. The van der Waals surface area contributed by atoms with Crippen molar-refractivity contribution in [2.45, 2.75) is 32.2 Å². The summed E-state index contributed by atoms with van der Waals surface area (Å²) in [5.41, 5.74) is 1.57. The zero-order chi connectivity index (χ0) is 28.5. The number of thiazole rings is 1. The maximum atomic E-state index is 13.6. The van der Waals surface area contributed by atoms with E-state index in [2.05, 4.69) is 11.9 Å². The number of hydrogen-bond acceptors (Lipinski definition) is 8. The lowest BCUT2D eigenvalue weighted by atomic mass is 9.95. The van der Waals surface area contributed by atoms with Crippen LogP contribution in [0.5, 0.6) is 17.2 Å². The first-order valence-corrected chi connectivity index (χ1v) is 14.6. The summed E-state index contributed by atoms with van der Waals surface area (Å²) >= 11 is 7.44. The molecule has 2 aliphatic rings. The fraction of sp³-hybridized carbons (Fsp3) is 0.258. The molecule has 1 amide bonds. The van der Waals surface area contributed by atoms with Crippen molar-refractivity contribution in [3.05, 3.63) is 82.4 Å². The van der Waals surface area contributed by atoms with Gasteiger partial charge in [-0.05, 0) is 60.5 Å². The summed E-state index contributed by atoms with van der Waals surface area (Å²) in [5, 5.41) is 12.4. The van der Waals surface area contributed by atoms with Crippen LogP contribution in [0, 0.1) is 0 Å². The predicted molar refractivity (Wildman–Crippen MR) is 158 cm³/mol. The molecule has 210 valence electrons. The quantitative estimate of drug-likeness (QED) is 0.103. The zero-order valence-corrected chi connectivity index (χ0v) is 23.8. The molecule has 41 heavy (non-hydrogen) atoms. The predicted octanol–water partition coefficient (Wildman–Crippen LogP) is 6.92. The summed E-state index contributed by atoms with van der Waals surface area (Å²) in [6.07, 6.45) is 3.14. The summed E-state index contributed by atoms with van der Waals surface area (Å²) in [6, 6.07) is 16.5. The van der Waals surface area contributed by atoms with E-state index in [1.807, 2.05) is 12.1 Å². The summed E-state index contributed by atoms with van der Waals surface area (Å²) in [4.78, 5) is 33.2. The Morgan fingerprint density at radius 1 is 1.05 bits per heavy atom. The van der Waals surface area contributed by atoms with E-state index in [0.717, 1.165) is 24.0 Å². The molecule has 1 fully saturated rings. The molecule has 2 aliphatic heterocycles. The lowest BCUT2D eigenvalue weighted by Gasteiger charge is -2.23. The molecule has 0 saturated carbocycles. The van der Waals surface area contributed by atoms with Crippen LogP contribution in [0.15, 0.2) is 66.2 Å². The van der Waals surface area contributed by atoms with E-state index in [1.165, 1.54) is 16.2 Å². The number of carbonyl (C=O) groups is 2. The van der Waals surface area contributed by atoms with Crippen molar-refractivity contribution < 1.29 is 28.9 Å². The molecule has 10 heteroatoms. The molecular formula is C31H27ClN2O6S. The number of rotatable bonds is 8. The Hall–Kier alpha value is -4.08. The van der Waals surface area contributed by atoms with Crippen molar-refractivity contribution >= 4 is 55.7 Å². The summed E-state index contributed by atoms with van der Waals surface area (Å²) in [7, 11) is 0. The summed E-state index contributed by atoms with van der Waals surface area (Å²) in [6.45, 7) is 3.53. The third-order valence-corrected chi connectivity index (χ3v) is 8.27. The second kappa shape index (κ2) is 11.4. The average molecular weight is 591 g/mol. The van der Waals surface area contributed by atoms with Gasteiger partial charge in [-0.25, -0.2) is 4.98 Å². The number of benzene rings is 3. The molecule has 0 bridgehead atoms. The van der Waals surface area contributed by atoms with Gasteiger partial charge in [0.1, 0.15) is 24.7 Å². The number of Topliss-reactive ketones (excluding diaryl/α,β-unsaturated/α-hetero) is 1. The zero-order valence-electron chi connectivity index (χ0n) is 22.3. The van der Waals surface area contributed by atoms with Gasteiger partial charge in [-0.3, -0.25) is 14.5 Å². The highest BCUT2D eigenvalue weighted by atomic mass is 35.5. The molecule has 0 aliphatic carbocycles. The molecule has 3 aromatic carbocycles. The van der Waals surface area contributed by atoms with E-state index < -0.39 is 17.7 Å². The van der Waals surface area contributed by atoms with Crippen LogP contribution >= 0.6 is 22.9 Å². The molecule has 4 aromatic rings. The van der Waals surface area contributed by atoms with E-state index in [-0.39, 0.29) is 11.3 Å². The van der Waals surface area contributed by atoms with Gasteiger partial charge in [0.15, 0.2) is 16.6 Å². The van der Waals surface area contributed by atoms with Gasteiger partial charge in [0.05, 0.1) is 28.4 Å². The van der Waals surface area contributed by atoms with E-state index >= 15 is 0 Å². The number of anilines is 1. The van der Waals surface area contributed by atoms with Gasteiger partial charge in [0.2, 0.25) is 0 Å². The van der Waals surface area contributed by atoms with Crippen molar-refractivity contribution in [2.24, 2.45) is 0 Å². The van der Waals surface area contributed by atoms with Crippen LogP contribution in [-0.2, 0) is 9.59 Å². The number of aliphatic hydroxyl groups excluding tert-OH is 1. The van der Waals surface area contributed by atoms with E-state index in [1.54, 1.807) is 48.5 Å². The van der Waals surface area contributed by atoms with Crippen molar-refractivity contribution in [1.29, 1.82) is 0 Å². The number of nitrogens with zero attached hydrogens (tertiary/aromatic N) is 2. The Kier molecular flexibility index (Phi) is 7.55. The molecule has 1 N–H and O–H groups in total. The molecule has 0 spiro atoms. The SMILES string of the molecule is CCCCCOc1ccc([C@H]2C(=C(O)c3ccc4c(c3)OCCO4)C(=O)C(=O)N2c2nc3ccc(Cl)cc3s2)cc1. The van der Waals surface area contributed by atoms with E-state index in [0.29, 0.717) is 63.9 Å². The molecule has 0 radical (unpaired) electrons. The largest absolute Gasteiger partial charge is 0.507 e. The molecule has 0 unspecified atom stereocenters. The monoisotopic (exact) mass is 590 g/mol. The summed E-state index contributed by atoms with van der Waals surface area (Å²) < 4.78 is 17.9. The Bertz CT molecular complexity index is 1670. The van der Waals surface area contributed by atoms with Crippen molar-refractivity contribution in [1.82, 2.24) is 4.98 Å². The molecule has 6 rings (SSSR count). The van der Waals surface area contributed by atoms with Crippen LogP contribution in [-0.4, -0.2) is 41.6 Å². The second-order valence-corrected chi connectivity index (χ2v) is 11.2. The third-order valence-electron chi connectivity index (χ3n) is 7.02. The number of unbranched alkanes of at least 4 members (excludes halogenated alkanes) is 2. The van der Waals surface area contributed by atoms with Gasteiger partial charge in [-0.1, -0.05) is 54.8 Å². The number of hydrogen-bond donors (Lipinski definition) is 1. The maximum absolute atomic E-state index is 13.6. The standard InChI is InChI=1S/C31H27ClN2O6S/c1-2-3-4-13-38-21-9-5-18(6-10-21)27-26(28(35)19-7-12-23-24(16-19)40-15-14-39-23)29(36)30(37)34(27)31-33-22-11-8-20(32)17-25(22)41-31/h5-12,16-17,27,35H,2-4,13-15H2,1H3/t27-/m0/s1. The minimum absolute atomic E-state index is 0.0411. The second-order valence-electron chi connectivity index (χ2n) is 9.76. The highest BCUT2D eigenvalue weighted by Gasteiger charge is 2.48. The van der Waals surface area contributed by atoms with Crippen LogP contribution in [0.4, 0.5) is 5.13 Å².